The Kier molecular flexibility index (Phi) is 5.44. The summed E-state index contributed by atoms with van der Waals surface area (Å²) in [6.45, 7) is 1.79. The molecular weight excluding hydrogens is 343 g/mol. The first-order valence-electron chi connectivity index (χ1n) is 8.63. The zero-order valence-electron chi connectivity index (χ0n) is 14.2. The van der Waals surface area contributed by atoms with Crippen molar-refractivity contribution < 1.29 is 18.0 Å². The molecule has 1 N–H and O–H groups in total. The van der Waals surface area contributed by atoms with Crippen molar-refractivity contribution in [2.24, 2.45) is 0 Å². The third-order valence-corrected chi connectivity index (χ3v) is 4.44. The Morgan fingerprint density at radius 1 is 1.04 bits per heavy atom. The second-order valence-corrected chi connectivity index (χ2v) is 6.33. The second-order valence-electron chi connectivity index (χ2n) is 6.33. The maximum atomic E-state index is 13.1. The largest absolute Gasteiger partial charge is 0.418 e. The fraction of sp³-hybridized carbons (Fsp3) is 0.368. The molecule has 3 rings (SSSR count). The number of carbonyl (C=O) groups excluding carboxylic acids is 1. The predicted molar refractivity (Wildman–Crippen MR) is 94.3 cm³/mol. The van der Waals surface area contributed by atoms with Crippen LogP contribution in [0.2, 0.25) is 0 Å². The van der Waals surface area contributed by atoms with E-state index in [1.54, 1.807) is 12.3 Å². The van der Waals surface area contributed by atoms with E-state index in [2.05, 4.69) is 15.2 Å². The van der Waals surface area contributed by atoms with E-state index in [1.165, 1.54) is 37.2 Å². The molecule has 0 spiro atoms. The molecule has 138 valence electrons. The second kappa shape index (κ2) is 7.76. The Balaban J connectivity index is 1.80. The lowest BCUT2D eigenvalue weighted by Gasteiger charge is -2.22. The SMILES string of the molecule is O=C(Nc1ccccc1C(F)(F)F)c1cncc(N2CCCCCC2)c1. The van der Waals surface area contributed by atoms with Gasteiger partial charge in [-0.15, -0.1) is 0 Å². The lowest BCUT2D eigenvalue weighted by molar-refractivity contribution is -0.136. The van der Waals surface area contributed by atoms with Gasteiger partial charge in [0.25, 0.3) is 5.91 Å². The van der Waals surface area contributed by atoms with Crippen LogP contribution in [0.15, 0.2) is 42.7 Å². The van der Waals surface area contributed by atoms with E-state index in [0.717, 1.165) is 37.7 Å². The summed E-state index contributed by atoms with van der Waals surface area (Å²) in [5.74, 6) is -0.606. The molecule has 1 fully saturated rings. The topological polar surface area (TPSA) is 45.2 Å². The molecule has 1 saturated heterocycles. The highest BCUT2D eigenvalue weighted by molar-refractivity contribution is 6.05. The molecule has 7 heteroatoms. The first-order chi connectivity index (χ1) is 12.4. The van der Waals surface area contributed by atoms with Gasteiger partial charge in [-0.25, -0.2) is 0 Å². The van der Waals surface area contributed by atoms with E-state index in [9.17, 15) is 18.0 Å². The van der Waals surface area contributed by atoms with Gasteiger partial charge in [-0.3, -0.25) is 9.78 Å². The van der Waals surface area contributed by atoms with Gasteiger partial charge in [0.05, 0.1) is 28.7 Å². The molecule has 0 radical (unpaired) electrons. The molecule has 1 aliphatic rings. The van der Waals surface area contributed by atoms with Crippen LogP contribution in [0, 0.1) is 0 Å². The molecule has 4 nitrogen and oxygen atoms in total. The normalized spacial score (nSPS) is 15.4. The maximum absolute atomic E-state index is 13.1. The van der Waals surface area contributed by atoms with Crippen molar-refractivity contribution >= 4 is 17.3 Å². The molecule has 0 bridgehead atoms. The summed E-state index contributed by atoms with van der Waals surface area (Å²) in [5, 5.41) is 2.36. The zero-order chi connectivity index (χ0) is 18.6. The summed E-state index contributed by atoms with van der Waals surface area (Å²) in [5.41, 5.74) is -0.0671. The average molecular weight is 363 g/mol. The van der Waals surface area contributed by atoms with E-state index < -0.39 is 17.6 Å². The van der Waals surface area contributed by atoms with Gasteiger partial charge in [0.15, 0.2) is 0 Å². The number of benzene rings is 1. The number of alkyl halides is 3. The number of halogens is 3. The third-order valence-electron chi connectivity index (χ3n) is 4.44. The molecule has 0 saturated carbocycles. The van der Waals surface area contributed by atoms with Crippen molar-refractivity contribution in [2.45, 2.75) is 31.9 Å². The highest BCUT2D eigenvalue weighted by atomic mass is 19.4. The summed E-state index contributed by atoms with van der Waals surface area (Å²) in [7, 11) is 0. The third kappa shape index (κ3) is 4.33. The number of nitrogens with one attached hydrogen (secondary N) is 1. The standard InChI is InChI=1S/C19H20F3N3O/c20-19(21,22)16-7-3-4-8-17(16)24-18(26)14-11-15(13-23-12-14)25-9-5-1-2-6-10-25/h3-4,7-8,11-13H,1-2,5-6,9-10H2,(H,24,26). The predicted octanol–water partition coefficient (Wildman–Crippen LogP) is 4.73. The van der Waals surface area contributed by atoms with E-state index >= 15 is 0 Å². The number of hydrogen-bond donors (Lipinski definition) is 1. The van der Waals surface area contributed by atoms with E-state index in [1.807, 2.05) is 0 Å². The van der Waals surface area contributed by atoms with E-state index in [-0.39, 0.29) is 11.3 Å². The number of hydrogen-bond acceptors (Lipinski definition) is 3. The lowest BCUT2D eigenvalue weighted by atomic mass is 10.1. The average Bonchev–Trinajstić information content (AvgIpc) is 2.91. The number of amides is 1. The quantitative estimate of drug-likeness (QED) is 0.857. The van der Waals surface area contributed by atoms with Crippen molar-refractivity contribution in [1.82, 2.24) is 4.98 Å². The summed E-state index contributed by atoms with van der Waals surface area (Å²) in [4.78, 5) is 18.7. The van der Waals surface area contributed by atoms with Crippen molar-refractivity contribution in [3.8, 4) is 0 Å². The van der Waals surface area contributed by atoms with Crippen LogP contribution in [0.25, 0.3) is 0 Å². The van der Waals surface area contributed by atoms with Crippen molar-refractivity contribution in [1.29, 1.82) is 0 Å². The van der Waals surface area contributed by atoms with E-state index in [0.29, 0.717) is 0 Å². The molecule has 26 heavy (non-hydrogen) atoms. The Bertz CT molecular complexity index is 769. The van der Waals surface area contributed by atoms with Gasteiger partial charge < -0.3 is 10.2 Å². The summed E-state index contributed by atoms with van der Waals surface area (Å²) < 4.78 is 39.2. The highest BCUT2D eigenvalue weighted by Crippen LogP contribution is 2.34. The molecule has 1 aromatic carbocycles. The van der Waals surface area contributed by atoms with Crippen LogP contribution in [0.5, 0.6) is 0 Å². The summed E-state index contributed by atoms with van der Waals surface area (Å²) >= 11 is 0. The van der Waals surface area contributed by atoms with Crippen molar-refractivity contribution in [3.63, 3.8) is 0 Å². The van der Waals surface area contributed by atoms with E-state index in [4.69, 9.17) is 0 Å². The number of aromatic nitrogens is 1. The monoisotopic (exact) mass is 363 g/mol. The van der Waals surface area contributed by atoms with Gasteiger partial charge in [-0.2, -0.15) is 13.2 Å². The molecule has 1 aliphatic heterocycles. The first kappa shape index (κ1) is 18.2. The Morgan fingerprint density at radius 2 is 1.73 bits per heavy atom. The Labute approximate surface area is 150 Å². The van der Waals surface area contributed by atoms with Gasteiger partial charge >= 0.3 is 6.18 Å². The van der Waals surface area contributed by atoms with Crippen LogP contribution in [0.3, 0.4) is 0 Å². The summed E-state index contributed by atoms with van der Waals surface area (Å²) in [6, 6.07) is 6.62. The molecular formula is C19H20F3N3O. The minimum absolute atomic E-state index is 0.240. The fourth-order valence-electron chi connectivity index (χ4n) is 3.09. The number of rotatable bonds is 3. The molecule has 0 atom stereocenters. The number of pyridine rings is 1. The Hall–Kier alpha value is -2.57. The number of carbonyl (C=O) groups is 1. The van der Waals surface area contributed by atoms with Gasteiger partial charge in [0.1, 0.15) is 0 Å². The smallest absolute Gasteiger partial charge is 0.370 e. The van der Waals surface area contributed by atoms with Gasteiger partial charge in [0.2, 0.25) is 0 Å². The van der Waals surface area contributed by atoms with Crippen molar-refractivity contribution in [2.75, 3.05) is 23.3 Å². The lowest BCUT2D eigenvalue weighted by Crippen LogP contribution is -2.24. The number of anilines is 2. The van der Waals surface area contributed by atoms with Gasteiger partial charge in [0, 0.05) is 19.3 Å². The Morgan fingerprint density at radius 3 is 2.42 bits per heavy atom. The number of para-hydroxylation sites is 1. The van der Waals surface area contributed by atoms with Gasteiger partial charge in [-0.05, 0) is 31.0 Å². The highest BCUT2D eigenvalue weighted by Gasteiger charge is 2.33. The van der Waals surface area contributed by atoms with Crippen molar-refractivity contribution in [3.05, 3.63) is 53.9 Å². The molecule has 0 unspecified atom stereocenters. The summed E-state index contributed by atoms with van der Waals surface area (Å²) in [6.07, 6.45) is 3.04. The maximum Gasteiger partial charge on any atom is 0.418 e. The minimum atomic E-state index is -4.53. The van der Waals surface area contributed by atoms with Crippen LogP contribution in [-0.4, -0.2) is 24.0 Å². The molecule has 0 aliphatic carbocycles. The van der Waals surface area contributed by atoms with Crippen LogP contribution in [-0.2, 0) is 6.18 Å². The van der Waals surface area contributed by atoms with Crippen LogP contribution in [0.4, 0.5) is 24.5 Å². The minimum Gasteiger partial charge on any atom is -0.370 e. The van der Waals surface area contributed by atoms with Gasteiger partial charge in [-0.1, -0.05) is 25.0 Å². The zero-order valence-corrected chi connectivity index (χ0v) is 14.2. The number of nitrogens with zero attached hydrogens (tertiary/aromatic N) is 2. The van der Waals surface area contributed by atoms with Crippen LogP contribution >= 0.6 is 0 Å². The molecule has 1 aromatic heterocycles. The molecule has 2 aromatic rings. The molecule has 1 amide bonds. The van der Waals surface area contributed by atoms with Crippen LogP contribution < -0.4 is 10.2 Å². The van der Waals surface area contributed by atoms with Crippen LogP contribution in [0.1, 0.15) is 41.6 Å². The fourth-order valence-corrected chi connectivity index (χ4v) is 3.09. The first-order valence-corrected chi connectivity index (χ1v) is 8.63. The molecule has 2 heterocycles.